The normalized spacial score (nSPS) is 23.5. The highest BCUT2D eigenvalue weighted by atomic mass is 32.2. The predicted octanol–water partition coefficient (Wildman–Crippen LogP) is 1.68. The van der Waals surface area contributed by atoms with E-state index in [-0.39, 0.29) is 25.2 Å². The third-order valence-corrected chi connectivity index (χ3v) is 8.90. The number of nitrogens with zero attached hydrogens (tertiary/aromatic N) is 5. The fourth-order valence-electron chi connectivity index (χ4n) is 4.84. The number of aromatic nitrogens is 5. The van der Waals surface area contributed by atoms with E-state index in [9.17, 15) is 18.3 Å². The average molecular weight is 540 g/mol. The Morgan fingerprint density at radius 2 is 1.97 bits per heavy atom. The van der Waals surface area contributed by atoms with Gasteiger partial charge >= 0.3 is 0 Å². The zero-order valence-corrected chi connectivity index (χ0v) is 21.6. The van der Waals surface area contributed by atoms with E-state index in [0.717, 1.165) is 5.56 Å². The Labute approximate surface area is 220 Å². The van der Waals surface area contributed by atoms with Gasteiger partial charge in [0, 0.05) is 29.6 Å². The number of amides is 1. The Morgan fingerprint density at radius 3 is 2.66 bits per heavy atom. The van der Waals surface area contributed by atoms with Gasteiger partial charge in [0.1, 0.15) is 0 Å². The molecule has 200 valence electrons. The summed E-state index contributed by atoms with van der Waals surface area (Å²) in [6.07, 6.45) is 7.31. The maximum absolute atomic E-state index is 12.9. The molecule has 2 saturated carbocycles. The number of sulfonamides is 1. The summed E-state index contributed by atoms with van der Waals surface area (Å²) in [5.74, 6) is -0.807. The highest BCUT2D eigenvalue weighted by Crippen LogP contribution is 2.45. The van der Waals surface area contributed by atoms with Crippen LogP contribution in [0.15, 0.2) is 43.0 Å². The lowest BCUT2D eigenvalue weighted by molar-refractivity contribution is -0.126. The van der Waals surface area contributed by atoms with Crippen LogP contribution in [0.3, 0.4) is 0 Å². The smallest absolute Gasteiger partial charge is 0.237 e. The summed E-state index contributed by atoms with van der Waals surface area (Å²) in [6, 6.07) is 5.17. The van der Waals surface area contributed by atoms with Gasteiger partial charge in [-0.3, -0.25) is 19.5 Å². The standard InChI is InChI=1S/C25H29N7O5S/c1-2-37-22-14-27-13-19(30-22)15-3-6-18(29-12-15)17-11-25(23(26)34,9-7-20(17)33)21-8-10-28-24(31-21)32-38(35,36)16-4-5-16/h3,6,8,10,12-14,16-17,20,33H,2,4-5,7,9,11H2,1H3,(H2,26,34)(H,28,31,32). The Bertz CT molecular complexity index is 1430. The molecule has 3 aromatic rings. The second-order valence-electron chi connectivity index (χ2n) is 9.62. The molecule has 0 spiro atoms. The van der Waals surface area contributed by atoms with E-state index in [1.54, 1.807) is 24.5 Å². The fourth-order valence-corrected chi connectivity index (χ4v) is 6.11. The Balaban J connectivity index is 1.42. The minimum absolute atomic E-state index is 0.101. The molecule has 3 aromatic heterocycles. The molecule has 2 fully saturated rings. The summed E-state index contributed by atoms with van der Waals surface area (Å²) < 4.78 is 32.6. The number of primary amides is 1. The third-order valence-electron chi connectivity index (χ3n) is 7.08. The van der Waals surface area contributed by atoms with Crippen LogP contribution >= 0.6 is 0 Å². The molecule has 0 saturated heterocycles. The second-order valence-corrected chi connectivity index (χ2v) is 11.6. The second kappa shape index (κ2) is 10.2. The maximum atomic E-state index is 12.9. The number of carbonyl (C=O) groups excluding carboxylic acids is 1. The molecule has 3 atom stereocenters. The lowest BCUT2D eigenvalue weighted by Gasteiger charge is -2.40. The Kier molecular flexibility index (Phi) is 6.97. The Morgan fingerprint density at radius 1 is 1.16 bits per heavy atom. The van der Waals surface area contributed by atoms with Crippen LogP contribution < -0.4 is 15.2 Å². The minimum Gasteiger partial charge on any atom is -0.477 e. The summed E-state index contributed by atoms with van der Waals surface area (Å²) in [7, 11) is -3.58. The van der Waals surface area contributed by atoms with Crippen molar-refractivity contribution in [3.05, 3.63) is 54.4 Å². The van der Waals surface area contributed by atoms with Gasteiger partial charge in [-0.2, -0.15) is 0 Å². The van der Waals surface area contributed by atoms with Crippen LogP contribution in [0.1, 0.15) is 56.3 Å². The number of carbonyl (C=O) groups is 1. The van der Waals surface area contributed by atoms with Crippen LogP contribution in [0.25, 0.3) is 11.3 Å². The average Bonchev–Trinajstić information content (AvgIpc) is 3.76. The molecule has 3 heterocycles. The first-order chi connectivity index (χ1) is 18.2. The van der Waals surface area contributed by atoms with Crippen molar-refractivity contribution < 1.29 is 23.1 Å². The van der Waals surface area contributed by atoms with E-state index in [0.29, 0.717) is 42.4 Å². The highest BCUT2D eigenvalue weighted by Gasteiger charge is 2.48. The van der Waals surface area contributed by atoms with Gasteiger partial charge in [0.25, 0.3) is 0 Å². The van der Waals surface area contributed by atoms with Crippen LogP contribution in [-0.4, -0.2) is 62.3 Å². The zero-order valence-electron chi connectivity index (χ0n) is 20.8. The van der Waals surface area contributed by atoms with Gasteiger partial charge in [-0.15, -0.1) is 0 Å². The van der Waals surface area contributed by atoms with Crippen molar-refractivity contribution in [2.75, 3.05) is 11.3 Å². The van der Waals surface area contributed by atoms with Crippen LogP contribution in [-0.2, 0) is 20.2 Å². The van der Waals surface area contributed by atoms with Gasteiger partial charge in [-0.05, 0) is 57.2 Å². The molecule has 0 bridgehead atoms. The van der Waals surface area contributed by atoms with Crippen molar-refractivity contribution in [1.29, 1.82) is 0 Å². The van der Waals surface area contributed by atoms with Crippen molar-refractivity contribution in [2.45, 2.75) is 61.7 Å². The number of aliphatic hydroxyl groups is 1. The molecule has 2 aliphatic carbocycles. The molecule has 0 radical (unpaired) electrons. The molecule has 1 amide bonds. The monoisotopic (exact) mass is 539 g/mol. The molecular formula is C25H29N7O5S. The van der Waals surface area contributed by atoms with Gasteiger partial charge in [0.2, 0.25) is 27.8 Å². The van der Waals surface area contributed by atoms with E-state index in [1.807, 2.05) is 13.0 Å². The lowest BCUT2D eigenvalue weighted by atomic mass is 9.65. The number of pyridine rings is 1. The first-order valence-electron chi connectivity index (χ1n) is 12.5. The van der Waals surface area contributed by atoms with Crippen LogP contribution in [0.4, 0.5) is 5.95 Å². The molecule has 0 aromatic carbocycles. The van der Waals surface area contributed by atoms with Crippen molar-refractivity contribution in [3.8, 4) is 17.1 Å². The van der Waals surface area contributed by atoms with E-state index >= 15 is 0 Å². The molecular weight excluding hydrogens is 510 g/mol. The van der Waals surface area contributed by atoms with Crippen molar-refractivity contribution in [1.82, 2.24) is 24.9 Å². The zero-order chi connectivity index (χ0) is 26.9. The van der Waals surface area contributed by atoms with Crippen molar-refractivity contribution in [2.24, 2.45) is 5.73 Å². The number of ether oxygens (including phenoxy) is 1. The van der Waals surface area contributed by atoms with E-state index < -0.39 is 38.6 Å². The number of hydrogen-bond donors (Lipinski definition) is 3. The summed E-state index contributed by atoms with van der Waals surface area (Å²) in [6.45, 7) is 2.33. The third kappa shape index (κ3) is 5.16. The minimum atomic E-state index is -3.58. The number of hydrogen-bond acceptors (Lipinski definition) is 10. The number of anilines is 1. The van der Waals surface area contributed by atoms with Gasteiger partial charge in [-0.25, -0.2) is 23.4 Å². The first-order valence-corrected chi connectivity index (χ1v) is 14.0. The largest absolute Gasteiger partial charge is 0.477 e. The quantitative estimate of drug-likeness (QED) is 0.361. The van der Waals surface area contributed by atoms with Crippen LogP contribution in [0.2, 0.25) is 0 Å². The maximum Gasteiger partial charge on any atom is 0.237 e. The van der Waals surface area contributed by atoms with Crippen molar-refractivity contribution >= 4 is 21.9 Å². The fraction of sp³-hybridized carbons (Fsp3) is 0.440. The van der Waals surface area contributed by atoms with E-state index in [2.05, 4.69) is 29.6 Å². The Hall–Kier alpha value is -3.71. The van der Waals surface area contributed by atoms with Crippen LogP contribution in [0, 0.1) is 0 Å². The number of aliphatic hydroxyl groups excluding tert-OH is 1. The molecule has 5 rings (SSSR count). The highest BCUT2D eigenvalue weighted by molar-refractivity contribution is 7.93. The summed E-state index contributed by atoms with van der Waals surface area (Å²) in [5.41, 5.74) is 6.90. The SMILES string of the molecule is CCOc1cncc(-c2ccc(C3CC(C(N)=O)(c4ccnc(NS(=O)(=O)C5CC5)n4)CCC3O)nc2)n1. The summed E-state index contributed by atoms with van der Waals surface area (Å²) >= 11 is 0. The van der Waals surface area contributed by atoms with Gasteiger partial charge < -0.3 is 15.6 Å². The van der Waals surface area contributed by atoms with E-state index in [1.165, 1.54) is 12.4 Å². The van der Waals surface area contributed by atoms with Crippen molar-refractivity contribution in [3.63, 3.8) is 0 Å². The lowest BCUT2D eigenvalue weighted by Crippen LogP contribution is -2.48. The molecule has 12 nitrogen and oxygen atoms in total. The number of nitrogens with two attached hydrogens (primary N) is 1. The molecule has 0 aliphatic heterocycles. The topological polar surface area (TPSA) is 183 Å². The van der Waals surface area contributed by atoms with Gasteiger partial charge in [0.15, 0.2) is 0 Å². The van der Waals surface area contributed by atoms with Gasteiger partial charge in [0.05, 0.1) is 47.2 Å². The molecule has 2 aliphatic rings. The van der Waals surface area contributed by atoms with Gasteiger partial charge in [-0.1, -0.05) is 0 Å². The predicted molar refractivity (Wildman–Crippen MR) is 137 cm³/mol. The van der Waals surface area contributed by atoms with Crippen LogP contribution in [0.5, 0.6) is 5.88 Å². The number of nitrogens with one attached hydrogen (secondary N) is 1. The molecule has 13 heteroatoms. The molecule has 3 unspecified atom stereocenters. The summed E-state index contributed by atoms with van der Waals surface area (Å²) in [5, 5.41) is 10.4. The molecule has 4 N–H and O–H groups in total. The first kappa shape index (κ1) is 25.9. The number of rotatable bonds is 9. The van der Waals surface area contributed by atoms with E-state index in [4.69, 9.17) is 10.5 Å². The molecule has 38 heavy (non-hydrogen) atoms. The summed E-state index contributed by atoms with van der Waals surface area (Å²) in [4.78, 5) is 34.5.